The van der Waals surface area contributed by atoms with Gasteiger partial charge in [-0.3, -0.25) is 9.55 Å². The Labute approximate surface area is 175 Å². The highest BCUT2D eigenvalue weighted by Crippen LogP contribution is 2.50. The third-order valence-electron chi connectivity index (χ3n) is 4.21. The molecule has 1 atom stereocenters. The van der Waals surface area contributed by atoms with Gasteiger partial charge in [-0.05, 0) is 42.3 Å². The second kappa shape index (κ2) is 9.79. The molecule has 0 spiro atoms. The molecule has 2 heterocycles. The molecule has 0 saturated carbocycles. The number of hydrogen-bond acceptors (Lipinski definition) is 3. The Morgan fingerprint density at radius 1 is 1.07 bits per heavy atom. The normalized spacial score (nSPS) is 11.5. The van der Waals surface area contributed by atoms with Gasteiger partial charge >= 0.3 is 7.60 Å². The van der Waals surface area contributed by atoms with Crippen molar-refractivity contribution < 1.29 is 31.3 Å². The quantitative estimate of drug-likeness (QED) is 0.459. The number of halogens is 2. The van der Waals surface area contributed by atoms with E-state index in [2.05, 4.69) is 11.1 Å². The second-order valence-electron chi connectivity index (χ2n) is 5.87. The summed E-state index contributed by atoms with van der Waals surface area (Å²) in [6, 6.07) is 16.2. The van der Waals surface area contributed by atoms with Crippen molar-refractivity contribution in [3.8, 4) is 22.9 Å². The largest absolute Gasteiger partial charge is 1.00 e. The lowest BCUT2D eigenvalue weighted by molar-refractivity contribution is -0.604. The van der Waals surface area contributed by atoms with E-state index in [1.807, 2.05) is 18.2 Å². The first-order valence-corrected chi connectivity index (χ1v) is 9.60. The van der Waals surface area contributed by atoms with E-state index in [-0.39, 0.29) is 24.8 Å². The molecular weight excluding hydrogens is 420 g/mol. The third-order valence-corrected chi connectivity index (χ3v) is 5.48. The average Bonchev–Trinajstić information content (AvgIpc) is 2.67. The van der Waals surface area contributed by atoms with E-state index >= 15 is 0 Å². The molecule has 3 aromatic rings. The van der Waals surface area contributed by atoms with Crippen molar-refractivity contribution in [2.45, 2.75) is 12.6 Å². The maximum absolute atomic E-state index is 11.9. The molecule has 0 aliphatic heterocycles. The van der Waals surface area contributed by atoms with Gasteiger partial charge in [0.15, 0.2) is 6.20 Å². The predicted molar refractivity (Wildman–Crippen MR) is 104 cm³/mol. The first-order chi connectivity index (χ1) is 12.4. The number of hydrogen-bond donors (Lipinski definition) is 2. The highest BCUT2D eigenvalue weighted by molar-refractivity contribution is 7.52. The molecule has 6 nitrogen and oxygen atoms in total. The van der Waals surface area contributed by atoms with Crippen LogP contribution in [0.25, 0.3) is 16.8 Å². The lowest BCUT2D eigenvalue weighted by Crippen LogP contribution is -3.00. The maximum Gasteiger partial charge on any atom is 0.338 e. The van der Waals surface area contributed by atoms with E-state index in [0.717, 1.165) is 16.8 Å². The Bertz CT molecular complexity index is 1020. The summed E-state index contributed by atoms with van der Waals surface area (Å²) in [4.78, 5) is 23.4. The van der Waals surface area contributed by atoms with Crippen molar-refractivity contribution in [3.05, 3.63) is 78.4 Å². The Hall–Kier alpha value is -2.26. The van der Waals surface area contributed by atoms with Crippen LogP contribution in [-0.4, -0.2) is 14.8 Å². The fourth-order valence-corrected chi connectivity index (χ4v) is 3.21. The van der Waals surface area contributed by atoms with Crippen LogP contribution in [-0.2, 0) is 4.57 Å². The fourth-order valence-electron chi connectivity index (χ4n) is 2.67. The van der Waals surface area contributed by atoms with Crippen LogP contribution < -0.4 is 17.0 Å². The molecule has 0 fully saturated rings. The molecule has 2 aromatic heterocycles. The molecule has 0 bridgehead atoms. The summed E-state index contributed by atoms with van der Waals surface area (Å²) in [6.45, 7) is 1.51. The minimum atomic E-state index is -4.34. The molecule has 0 radical (unpaired) electrons. The van der Waals surface area contributed by atoms with Crippen LogP contribution in [0.1, 0.15) is 23.8 Å². The zero-order valence-electron chi connectivity index (χ0n) is 14.8. The van der Waals surface area contributed by atoms with Crippen molar-refractivity contribution in [1.82, 2.24) is 4.98 Å². The van der Waals surface area contributed by atoms with Crippen molar-refractivity contribution in [3.63, 3.8) is 0 Å². The molecule has 146 valence electrons. The van der Waals surface area contributed by atoms with Crippen LogP contribution in [0.4, 0.5) is 0 Å². The number of aromatic nitrogens is 2. The van der Waals surface area contributed by atoms with Gasteiger partial charge in [-0.1, -0.05) is 0 Å². The molecule has 28 heavy (non-hydrogen) atoms. The Kier molecular flexibility index (Phi) is 8.31. The molecule has 0 saturated heterocycles. The number of rotatable bonds is 4. The van der Waals surface area contributed by atoms with Gasteiger partial charge < -0.3 is 22.2 Å². The SMILES string of the molecule is CC(c1cc(-c2ccncc2)cc[n+]1-c1ccc(C#N)cc1)P(=O)(O)O.Cl.[Cl-]. The third kappa shape index (κ3) is 5.17. The van der Waals surface area contributed by atoms with E-state index < -0.39 is 13.3 Å². The standard InChI is InChI=1S/C19H16N3O3P.2ClH/c1-14(26(23,24)25)19-12-17(16-6-9-21-10-7-16)8-11-22(19)18-4-2-15(13-20)3-5-18;;/h2-12,14H,1H3,(H-,23,24,25);2*1H. The van der Waals surface area contributed by atoms with E-state index in [1.54, 1.807) is 53.5 Å². The lowest BCUT2D eigenvalue weighted by atomic mass is 10.1. The minimum absolute atomic E-state index is 0. The van der Waals surface area contributed by atoms with Crippen molar-refractivity contribution in [2.24, 2.45) is 0 Å². The summed E-state index contributed by atoms with van der Waals surface area (Å²) < 4.78 is 13.6. The van der Waals surface area contributed by atoms with E-state index in [0.29, 0.717) is 11.3 Å². The molecule has 2 N–H and O–H groups in total. The smallest absolute Gasteiger partial charge is 0.338 e. The molecule has 1 aromatic carbocycles. The Balaban J connectivity index is 0.00000196. The average molecular weight is 438 g/mol. The van der Waals surface area contributed by atoms with E-state index in [1.165, 1.54) is 6.92 Å². The number of benzene rings is 1. The summed E-state index contributed by atoms with van der Waals surface area (Å²) >= 11 is 0. The highest BCUT2D eigenvalue weighted by atomic mass is 35.5. The van der Waals surface area contributed by atoms with Crippen molar-refractivity contribution >= 4 is 20.0 Å². The Morgan fingerprint density at radius 2 is 1.68 bits per heavy atom. The Morgan fingerprint density at radius 3 is 2.21 bits per heavy atom. The molecule has 0 aliphatic carbocycles. The second-order valence-corrected chi connectivity index (χ2v) is 7.82. The van der Waals surface area contributed by atoms with Crippen LogP contribution >= 0.6 is 20.0 Å². The molecule has 3 rings (SSSR count). The summed E-state index contributed by atoms with van der Waals surface area (Å²) in [7, 11) is -4.34. The molecule has 0 aliphatic rings. The monoisotopic (exact) mass is 437 g/mol. The zero-order valence-corrected chi connectivity index (χ0v) is 17.3. The van der Waals surface area contributed by atoms with Crippen LogP contribution in [0.15, 0.2) is 67.1 Å². The molecular formula is C19H18Cl2N3O3P. The van der Waals surface area contributed by atoms with Crippen molar-refractivity contribution in [1.29, 1.82) is 5.26 Å². The van der Waals surface area contributed by atoms with Crippen LogP contribution in [0, 0.1) is 11.3 Å². The summed E-state index contributed by atoms with van der Waals surface area (Å²) in [5, 5.41) is 8.95. The van der Waals surface area contributed by atoms with E-state index in [9.17, 15) is 14.4 Å². The van der Waals surface area contributed by atoms with Gasteiger partial charge in [0.05, 0.1) is 11.6 Å². The lowest BCUT2D eigenvalue weighted by Gasteiger charge is -2.14. The molecule has 0 amide bonds. The first-order valence-electron chi connectivity index (χ1n) is 7.92. The highest BCUT2D eigenvalue weighted by Gasteiger charge is 2.34. The number of nitriles is 1. The van der Waals surface area contributed by atoms with Crippen LogP contribution in [0.2, 0.25) is 0 Å². The zero-order chi connectivity index (χ0) is 18.7. The van der Waals surface area contributed by atoms with Gasteiger partial charge in [0.1, 0.15) is 5.66 Å². The van der Waals surface area contributed by atoms with Crippen molar-refractivity contribution in [2.75, 3.05) is 0 Å². The molecule has 1 unspecified atom stereocenters. The number of nitrogens with zero attached hydrogens (tertiary/aromatic N) is 3. The predicted octanol–water partition coefficient (Wildman–Crippen LogP) is 0.561. The molecule has 9 heteroatoms. The van der Waals surface area contributed by atoms with Gasteiger partial charge in [-0.15, -0.1) is 12.4 Å². The van der Waals surface area contributed by atoms with Gasteiger partial charge in [-0.2, -0.15) is 9.83 Å². The van der Waals surface area contributed by atoms with Gasteiger partial charge in [-0.25, -0.2) is 0 Å². The first kappa shape index (κ1) is 23.8. The minimum Gasteiger partial charge on any atom is -1.00 e. The van der Waals surface area contributed by atoms with Gasteiger partial charge in [0.2, 0.25) is 11.4 Å². The maximum atomic E-state index is 11.9. The van der Waals surface area contributed by atoms with Gasteiger partial charge in [0.25, 0.3) is 0 Å². The van der Waals surface area contributed by atoms with Crippen LogP contribution in [0.5, 0.6) is 0 Å². The summed E-state index contributed by atoms with van der Waals surface area (Å²) in [6.07, 6.45) is 5.12. The van der Waals surface area contributed by atoms with Gasteiger partial charge in [0, 0.05) is 36.7 Å². The topological polar surface area (TPSA) is 98.1 Å². The summed E-state index contributed by atoms with van der Waals surface area (Å²) in [5.74, 6) is 0. The van der Waals surface area contributed by atoms with Crippen LogP contribution in [0.3, 0.4) is 0 Å². The van der Waals surface area contributed by atoms with E-state index in [4.69, 9.17) is 5.26 Å². The number of pyridine rings is 2. The fraction of sp³-hybridized carbons (Fsp3) is 0.105. The summed E-state index contributed by atoms with van der Waals surface area (Å²) in [5.41, 5.74) is 2.49.